The van der Waals surface area contributed by atoms with Gasteiger partial charge in [0, 0.05) is 17.4 Å². The summed E-state index contributed by atoms with van der Waals surface area (Å²) in [5.74, 6) is 0.356. The Morgan fingerprint density at radius 1 is 1.19 bits per heavy atom. The summed E-state index contributed by atoms with van der Waals surface area (Å²) in [5, 5.41) is 19.5. The largest absolute Gasteiger partial charge is 0.504 e. The zero-order chi connectivity index (χ0) is 19.0. The average Bonchev–Trinajstić information content (AvgIpc) is 3.12. The highest BCUT2D eigenvalue weighted by Crippen LogP contribution is 2.29. The molecule has 27 heavy (non-hydrogen) atoms. The van der Waals surface area contributed by atoms with E-state index in [9.17, 15) is 9.90 Å². The molecular formula is C20H14N4O3. The van der Waals surface area contributed by atoms with Crippen molar-refractivity contribution in [2.24, 2.45) is 0 Å². The molecular weight excluding hydrogens is 344 g/mol. The topological polar surface area (TPSA) is 104 Å². The lowest BCUT2D eigenvalue weighted by Crippen LogP contribution is -2.10. The van der Waals surface area contributed by atoms with E-state index in [0.29, 0.717) is 16.8 Å². The molecule has 3 aromatic heterocycles. The molecule has 1 aromatic carbocycles. The van der Waals surface area contributed by atoms with Gasteiger partial charge in [-0.2, -0.15) is 5.26 Å². The fourth-order valence-corrected chi connectivity index (χ4v) is 2.97. The molecule has 0 spiro atoms. The Kier molecular flexibility index (Phi) is 3.86. The van der Waals surface area contributed by atoms with Gasteiger partial charge in [0.25, 0.3) is 5.56 Å². The van der Waals surface area contributed by atoms with Gasteiger partial charge in [0.15, 0.2) is 11.3 Å². The average molecular weight is 358 g/mol. The van der Waals surface area contributed by atoms with Crippen molar-refractivity contribution in [1.82, 2.24) is 14.5 Å². The number of rotatable bonds is 3. The number of methoxy groups -OCH3 is 1. The third-order valence-corrected chi connectivity index (χ3v) is 4.35. The first-order valence-corrected chi connectivity index (χ1v) is 8.09. The molecule has 0 aliphatic heterocycles. The van der Waals surface area contributed by atoms with Crippen LogP contribution in [0.3, 0.4) is 0 Å². The number of ether oxygens (including phenoxy) is 1. The maximum Gasteiger partial charge on any atom is 0.270 e. The van der Waals surface area contributed by atoms with Crippen LogP contribution >= 0.6 is 0 Å². The second kappa shape index (κ2) is 6.35. The van der Waals surface area contributed by atoms with E-state index in [0.717, 1.165) is 16.9 Å². The van der Waals surface area contributed by atoms with Crippen molar-refractivity contribution in [3.8, 4) is 34.5 Å². The van der Waals surface area contributed by atoms with E-state index >= 15 is 0 Å². The Hall–Kier alpha value is -4.05. The van der Waals surface area contributed by atoms with Crippen molar-refractivity contribution in [3.63, 3.8) is 0 Å². The molecule has 0 amide bonds. The molecule has 0 unspecified atom stereocenters. The van der Waals surface area contributed by atoms with Gasteiger partial charge >= 0.3 is 0 Å². The number of nitrogens with zero attached hydrogens (tertiary/aromatic N) is 3. The number of benzene rings is 1. The van der Waals surface area contributed by atoms with E-state index in [4.69, 9.17) is 10.00 Å². The fourth-order valence-electron chi connectivity index (χ4n) is 2.97. The molecule has 0 saturated carbocycles. The number of nitriles is 1. The van der Waals surface area contributed by atoms with Crippen molar-refractivity contribution in [2.75, 3.05) is 7.11 Å². The van der Waals surface area contributed by atoms with Crippen molar-refractivity contribution < 1.29 is 9.84 Å². The molecule has 2 N–H and O–H groups in total. The van der Waals surface area contributed by atoms with E-state index in [1.165, 1.54) is 0 Å². The lowest BCUT2D eigenvalue weighted by atomic mass is 10.1. The van der Waals surface area contributed by atoms with E-state index < -0.39 is 5.56 Å². The van der Waals surface area contributed by atoms with Crippen LogP contribution in [0.4, 0.5) is 0 Å². The van der Waals surface area contributed by atoms with Crippen LogP contribution < -0.4 is 10.3 Å². The van der Waals surface area contributed by atoms with E-state index in [2.05, 4.69) is 9.97 Å². The smallest absolute Gasteiger partial charge is 0.270 e. The van der Waals surface area contributed by atoms with E-state index in [1.807, 2.05) is 36.4 Å². The lowest BCUT2D eigenvalue weighted by molar-refractivity contribution is 0.413. The van der Waals surface area contributed by atoms with Crippen molar-refractivity contribution in [3.05, 3.63) is 70.8 Å². The number of pyridine rings is 2. The van der Waals surface area contributed by atoms with E-state index in [-0.39, 0.29) is 11.3 Å². The molecule has 0 radical (unpaired) electrons. The van der Waals surface area contributed by atoms with Gasteiger partial charge in [-0.15, -0.1) is 0 Å². The Morgan fingerprint density at radius 2 is 1.96 bits per heavy atom. The Morgan fingerprint density at radius 3 is 2.59 bits per heavy atom. The quantitative estimate of drug-likeness (QED) is 0.586. The third-order valence-electron chi connectivity index (χ3n) is 4.35. The number of hydrogen-bond acceptors (Lipinski definition) is 5. The summed E-state index contributed by atoms with van der Waals surface area (Å²) in [6.45, 7) is 0. The molecule has 0 bridgehead atoms. The van der Waals surface area contributed by atoms with Crippen LogP contribution in [0.1, 0.15) is 5.56 Å². The molecule has 7 nitrogen and oxygen atoms in total. The molecule has 4 aromatic rings. The third kappa shape index (κ3) is 2.69. The summed E-state index contributed by atoms with van der Waals surface area (Å²) < 4.78 is 6.83. The lowest BCUT2D eigenvalue weighted by Gasteiger charge is -2.09. The highest BCUT2D eigenvalue weighted by Gasteiger charge is 2.15. The van der Waals surface area contributed by atoms with Crippen molar-refractivity contribution in [1.29, 1.82) is 5.26 Å². The monoisotopic (exact) mass is 358 g/mol. The molecule has 132 valence electrons. The van der Waals surface area contributed by atoms with Crippen LogP contribution in [-0.4, -0.2) is 26.8 Å². The van der Waals surface area contributed by atoms with Crippen LogP contribution in [0.25, 0.3) is 28.0 Å². The Bertz CT molecular complexity index is 1230. The molecule has 0 saturated heterocycles. The first-order chi connectivity index (χ1) is 13.1. The first-order valence-electron chi connectivity index (χ1n) is 8.09. The van der Waals surface area contributed by atoms with Gasteiger partial charge in [-0.3, -0.25) is 9.78 Å². The molecule has 4 rings (SSSR count). The number of H-pyrrole nitrogens is 1. The summed E-state index contributed by atoms with van der Waals surface area (Å²) in [6.07, 6.45) is 3.38. The zero-order valence-corrected chi connectivity index (χ0v) is 14.3. The minimum Gasteiger partial charge on any atom is -0.504 e. The molecule has 0 atom stereocenters. The molecule has 0 fully saturated rings. The van der Waals surface area contributed by atoms with Crippen LogP contribution in [0.15, 0.2) is 59.7 Å². The minimum absolute atomic E-state index is 0.304. The number of aromatic nitrogens is 3. The van der Waals surface area contributed by atoms with E-state index in [1.54, 1.807) is 36.2 Å². The van der Waals surface area contributed by atoms with Gasteiger partial charge in [0.1, 0.15) is 17.3 Å². The predicted molar refractivity (Wildman–Crippen MR) is 100 cm³/mol. The maximum absolute atomic E-state index is 11.8. The summed E-state index contributed by atoms with van der Waals surface area (Å²) in [5.41, 5.74) is 2.42. The minimum atomic E-state index is -0.610. The van der Waals surface area contributed by atoms with Crippen LogP contribution in [0.5, 0.6) is 11.5 Å². The summed E-state index contributed by atoms with van der Waals surface area (Å²) >= 11 is 0. The normalized spacial score (nSPS) is 10.7. The highest BCUT2D eigenvalue weighted by atomic mass is 16.5. The van der Waals surface area contributed by atoms with Crippen LogP contribution in [0.2, 0.25) is 0 Å². The van der Waals surface area contributed by atoms with Gasteiger partial charge in [0.05, 0.1) is 24.5 Å². The number of fused-ring (bicyclic) bond motifs is 1. The molecule has 0 aliphatic carbocycles. The zero-order valence-electron chi connectivity index (χ0n) is 14.3. The summed E-state index contributed by atoms with van der Waals surface area (Å²) in [7, 11) is 1.59. The van der Waals surface area contributed by atoms with Gasteiger partial charge in [-0.05, 0) is 30.3 Å². The molecule has 0 aliphatic rings. The van der Waals surface area contributed by atoms with Gasteiger partial charge in [-0.25, -0.2) is 0 Å². The van der Waals surface area contributed by atoms with Gasteiger partial charge < -0.3 is 19.4 Å². The van der Waals surface area contributed by atoms with Gasteiger partial charge in [-0.1, -0.05) is 12.1 Å². The standard InChI is InChI=1S/C20H14N4O3/c1-27-14-6-7-16(22-11-14)12-2-4-13(5-3-12)24-9-8-17-18(24)19(25)15(10-21)20(26)23-17/h2-9,11H,1H3,(H2,23,25,26). The number of aromatic amines is 1. The second-order valence-electron chi connectivity index (χ2n) is 5.87. The fraction of sp³-hybridized carbons (Fsp3) is 0.0500. The van der Waals surface area contributed by atoms with Crippen LogP contribution in [0, 0.1) is 11.3 Å². The van der Waals surface area contributed by atoms with Gasteiger partial charge in [0.2, 0.25) is 0 Å². The number of aromatic hydroxyl groups is 1. The Labute approximate surface area is 153 Å². The molecule has 7 heteroatoms. The summed E-state index contributed by atoms with van der Waals surface area (Å²) in [6, 6.07) is 14.7. The summed E-state index contributed by atoms with van der Waals surface area (Å²) in [4.78, 5) is 18.8. The highest BCUT2D eigenvalue weighted by molar-refractivity contribution is 5.86. The number of hydrogen-bond donors (Lipinski definition) is 2. The van der Waals surface area contributed by atoms with Crippen LogP contribution in [-0.2, 0) is 0 Å². The Balaban J connectivity index is 1.78. The SMILES string of the molecule is COc1ccc(-c2ccc(-n3ccc4[nH]c(=O)c(C#N)c(O)c43)cc2)nc1. The van der Waals surface area contributed by atoms with Crippen molar-refractivity contribution >= 4 is 11.0 Å². The van der Waals surface area contributed by atoms with Crippen molar-refractivity contribution in [2.45, 2.75) is 0 Å². The molecule has 3 heterocycles. The number of nitrogens with one attached hydrogen (secondary N) is 1. The second-order valence-corrected chi connectivity index (χ2v) is 5.87. The predicted octanol–water partition coefficient (Wildman–Crippen LogP) is 2.97. The maximum atomic E-state index is 11.8. The first kappa shape index (κ1) is 16.4.